The summed E-state index contributed by atoms with van der Waals surface area (Å²) in [5, 5.41) is 6.93. The number of rotatable bonds is 6. The van der Waals surface area contributed by atoms with Gasteiger partial charge in [-0.2, -0.15) is 0 Å². The van der Waals surface area contributed by atoms with Crippen molar-refractivity contribution in [1.29, 1.82) is 0 Å². The van der Waals surface area contributed by atoms with Crippen molar-refractivity contribution in [1.82, 2.24) is 15.4 Å². The van der Waals surface area contributed by atoms with Crippen LogP contribution in [0.4, 0.5) is 0 Å². The predicted octanol–water partition coefficient (Wildman–Crippen LogP) is 1.83. The minimum Gasteiger partial charge on any atom is -0.383 e. The van der Waals surface area contributed by atoms with Gasteiger partial charge in [-0.15, -0.1) is 0 Å². The highest BCUT2D eigenvalue weighted by atomic mass is 16.5. The van der Waals surface area contributed by atoms with E-state index in [1.165, 1.54) is 0 Å². The summed E-state index contributed by atoms with van der Waals surface area (Å²) in [6.45, 7) is 5.27. The Morgan fingerprint density at radius 1 is 1.44 bits per heavy atom. The van der Waals surface area contributed by atoms with Crippen LogP contribution in [0.15, 0.2) is 4.52 Å². The maximum atomic E-state index is 12.6. The van der Waals surface area contributed by atoms with Crippen molar-refractivity contribution in [3.8, 4) is 0 Å². The third kappa shape index (κ3) is 3.29. The Balaban J connectivity index is 1.72. The van der Waals surface area contributed by atoms with E-state index < -0.39 is 0 Å². The standard InChI is InChI=1S/C18H27N3O4/c1-12-16(13(2)25-20-12)17(23)19-11-18-7-4-5-14(18)21(9-10-24-3)15(22)6-8-18/h14H,4-11H2,1-3H3,(H,19,23)/t14-,18+/m1/s1. The Kier molecular flexibility index (Phi) is 5.13. The number of ether oxygens (including phenoxy) is 1. The smallest absolute Gasteiger partial charge is 0.256 e. The second kappa shape index (κ2) is 7.15. The molecular weight excluding hydrogens is 322 g/mol. The third-order valence-electron chi connectivity index (χ3n) is 5.79. The van der Waals surface area contributed by atoms with E-state index in [1.807, 2.05) is 4.90 Å². The van der Waals surface area contributed by atoms with Crippen molar-refractivity contribution in [3.05, 3.63) is 17.0 Å². The number of likely N-dealkylation sites (tertiary alicyclic amines) is 1. The van der Waals surface area contributed by atoms with Crippen molar-refractivity contribution in [2.75, 3.05) is 26.8 Å². The van der Waals surface area contributed by atoms with Gasteiger partial charge in [0.05, 0.1) is 12.3 Å². The molecular formula is C18H27N3O4. The van der Waals surface area contributed by atoms with Gasteiger partial charge in [-0.1, -0.05) is 11.6 Å². The molecule has 1 aliphatic heterocycles. The quantitative estimate of drug-likeness (QED) is 0.847. The lowest BCUT2D eigenvalue weighted by atomic mass is 9.74. The topological polar surface area (TPSA) is 84.7 Å². The van der Waals surface area contributed by atoms with E-state index in [-0.39, 0.29) is 23.3 Å². The molecule has 2 amide bonds. The van der Waals surface area contributed by atoms with Crippen LogP contribution in [0.1, 0.15) is 53.9 Å². The molecule has 1 N–H and O–H groups in total. The van der Waals surface area contributed by atoms with Crippen molar-refractivity contribution < 1.29 is 18.8 Å². The minimum atomic E-state index is -0.142. The number of methoxy groups -OCH3 is 1. The molecule has 25 heavy (non-hydrogen) atoms. The van der Waals surface area contributed by atoms with Crippen LogP contribution in [0.3, 0.4) is 0 Å². The maximum Gasteiger partial charge on any atom is 0.256 e. The molecule has 1 aromatic rings. The highest BCUT2D eigenvalue weighted by Crippen LogP contribution is 2.47. The molecule has 0 radical (unpaired) electrons. The van der Waals surface area contributed by atoms with Gasteiger partial charge in [0.2, 0.25) is 5.91 Å². The monoisotopic (exact) mass is 349 g/mol. The lowest BCUT2D eigenvalue weighted by Crippen LogP contribution is -2.56. The van der Waals surface area contributed by atoms with Crippen molar-refractivity contribution in [3.63, 3.8) is 0 Å². The van der Waals surface area contributed by atoms with Gasteiger partial charge in [0.1, 0.15) is 11.3 Å². The van der Waals surface area contributed by atoms with E-state index in [1.54, 1.807) is 21.0 Å². The number of aryl methyl sites for hydroxylation is 2. The van der Waals surface area contributed by atoms with Gasteiger partial charge in [-0.05, 0) is 33.1 Å². The Bertz CT molecular complexity index is 637. The summed E-state index contributed by atoms with van der Waals surface area (Å²) in [7, 11) is 1.65. The number of nitrogens with zero attached hydrogens (tertiary/aromatic N) is 2. The Labute approximate surface area is 148 Å². The van der Waals surface area contributed by atoms with Crippen molar-refractivity contribution >= 4 is 11.8 Å². The van der Waals surface area contributed by atoms with E-state index >= 15 is 0 Å². The summed E-state index contributed by atoms with van der Waals surface area (Å²) >= 11 is 0. The molecule has 0 bridgehead atoms. The van der Waals surface area contributed by atoms with E-state index in [0.717, 1.165) is 25.7 Å². The van der Waals surface area contributed by atoms with Gasteiger partial charge in [0.25, 0.3) is 5.91 Å². The molecule has 138 valence electrons. The summed E-state index contributed by atoms with van der Waals surface area (Å²) < 4.78 is 10.3. The highest BCUT2D eigenvalue weighted by Gasteiger charge is 2.50. The van der Waals surface area contributed by atoms with Crippen molar-refractivity contribution in [2.45, 2.75) is 52.0 Å². The summed E-state index contributed by atoms with van der Waals surface area (Å²) in [6.07, 6.45) is 4.50. The first kappa shape index (κ1) is 17.9. The molecule has 7 nitrogen and oxygen atoms in total. The number of piperidine rings is 1. The van der Waals surface area contributed by atoms with Crippen LogP contribution in [0.5, 0.6) is 0 Å². The van der Waals surface area contributed by atoms with E-state index in [9.17, 15) is 9.59 Å². The minimum absolute atomic E-state index is 0.0315. The van der Waals surface area contributed by atoms with E-state index in [2.05, 4.69) is 10.5 Å². The number of carbonyl (C=O) groups excluding carboxylic acids is 2. The van der Waals surface area contributed by atoms with Crippen LogP contribution in [0.2, 0.25) is 0 Å². The molecule has 1 saturated heterocycles. The van der Waals surface area contributed by atoms with Crippen LogP contribution in [0.25, 0.3) is 0 Å². The number of nitrogens with one attached hydrogen (secondary N) is 1. The maximum absolute atomic E-state index is 12.6. The van der Waals surface area contributed by atoms with Crippen LogP contribution < -0.4 is 5.32 Å². The van der Waals surface area contributed by atoms with Gasteiger partial charge in [-0.25, -0.2) is 0 Å². The molecule has 2 fully saturated rings. The normalized spacial score (nSPS) is 26.0. The lowest BCUT2D eigenvalue weighted by Gasteiger charge is -2.46. The lowest BCUT2D eigenvalue weighted by molar-refractivity contribution is -0.142. The zero-order chi connectivity index (χ0) is 18.0. The predicted molar refractivity (Wildman–Crippen MR) is 91.2 cm³/mol. The van der Waals surface area contributed by atoms with E-state index in [0.29, 0.717) is 43.1 Å². The molecule has 1 aliphatic carbocycles. The fourth-order valence-electron chi connectivity index (χ4n) is 4.49. The number of hydrogen-bond acceptors (Lipinski definition) is 5. The average molecular weight is 349 g/mol. The fourth-order valence-corrected chi connectivity index (χ4v) is 4.49. The van der Waals surface area contributed by atoms with Crippen LogP contribution in [-0.2, 0) is 9.53 Å². The first-order valence-electron chi connectivity index (χ1n) is 8.98. The second-order valence-electron chi connectivity index (χ2n) is 7.23. The van der Waals surface area contributed by atoms with Crippen LogP contribution >= 0.6 is 0 Å². The SMILES string of the molecule is COCCN1C(=O)CC[C@]2(CNC(=O)c3c(C)noc3C)CCC[C@@H]12. The zero-order valence-electron chi connectivity index (χ0n) is 15.3. The molecule has 1 saturated carbocycles. The largest absolute Gasteiger partial charge is 0.383 e. The average Bonchev–Trinajstić information content (AvgIpc) is 3.16. The highest BCUT2D eigenvalue weighted by molar-refractivity contribution is 5.96. The van der Waals surface area contributed by atoms with Gasteiger partial charge in [0, 0.05) is 38.1 Å². The molecule has 0 spiro atoms. The van der Waals surface area contributed by atoms with E-state index in [4.69, 9.17) is 9.26 Å². The summed E-state index contributed by atoms with van der Waals surface area (Å²) in [6, 6.07) is 0.189. The van der Waals surface area contributed by atoms with Gasteiger partial charge in [0.15, 0.2) is 0 Å². The van der Waals surface area contributed by atoms with Gasteiger partial charge in [-0.3, -0.25) is 9.59 Å². The first-order valence-corrected chi connectivity index (χ1v) is 8.98. The molecule has 0 aromatic carbocycles. The molecule has 2 atom stereocenters. The van der Waals surface area contributed by atoms with Crippen LogP contribution in [0, 0.1) is 19.3 Å². The Hall–Kier alpha value is -1.89. The van der Waals surface area contributed by atoms with Crippen molar-refractivity contribution in [2.24, 2.45) is 5.41 Å². The Morgan fingerprint density at radius 2 is 2.24 bits per heavy atom. The first-order chi connectivity index (χ1) is 12.0. The van der Waals surface area contributed by atoms with Gasteiger partial charge < -0.3 is 19.5 Å². The molecule has 0 unspecified atom stereocenters. The zero-order valence-corrected chi connectivity index (χ0v) is 15.3. The molecule has 2 heterocycles. The summed E-state index contributed by atoms with van der Waals surface area (Å²) in [5.74, 6) is 0.601. The molecule has 7 heteroatoms. The number of aromatic nitrogens is 1. The number of amides is 2. The number of carbonyl (C=O) groups is 2. The molecule has 2 aliphatic rings. The summed E-state index contributed by atoms with van der Waals surface area (Å²) in [4.78, 5) is 26.9. The summed E-state index contributed by atoms with van der Waals surface area (Å²) in [5.41, 5.74) is 1.10. The van der Waals surface area contributed by atoms with Gasteiger partial charge >= 0.3 is 0 Å². The fraction of sp³-hybridized carbons (Fsp3) is 0.722. The molecule has 1 aromatic heterocycles. The number of fused-ring (bicyclic) bond motifs is 1. The molecule has 3 rings (SSSR count). The Morgan fingerprint density at radius 3 is 2.92 bits per heavy atom. The third-order valence-corrected chi connectivity index (χ3v) is 5.79. The second-order valence-corrected chi connectivity index (χ2v) is 7.23. The number of hydrogen-bond donors (Lipinski definition) is 1. The van der Waals surface area contributed by atoms with Crippen LogP contribution in [-0.4, -0.2) is 54.7 Å².